The van der Waals surface area contributed by atoms with Crippen LogP contribution >= 0.6 is 11.6 Å². The molecule has 29 heavy (non-hydrogen) atoms. The van der Waals surface area contributed by atoms with Gasteiger partial charge in [-0.15, -0.1) is 0 Å². The molecule has 0 fully saturated rings. The molecule has 1 heterocycles. The Hall–Kier alpha value is -2.58. The summed E-state index contributed by atoms with van der Waals surface area (Å²) in [5.74, 6) is 0.809. The zero-order chi connectivity index (χ0) is 21.2. The van der Waals surface area contributed by atoms with E-state index >= 15 is 0 Å². The Morgan fingerprint density at radius 2 is 1.72 bits per heavy atom. The standard InChI is InChI=1S/C20H19ClF3N3O2/c1-3-19(28,11-27-12-25-13(2)26-27)17-9-8-16(10-18(17)20(22,23)24)29-15-6-4-14(21)5-7-15/h4-10,12,28H,3,11H2,1-2H3. The van der Waals surface area contributed by atoms with Crippen molar-refractivity contribution in [3.05, 3.63) is 70.8 Å². The number of ether oxygens (including phenoxy) is 1. The highest BCUT2D eigenvalue weighted by molar-refractivity contribution is 6.30. The lowest BCUT2D eigenvalue weighted by Gasteiger charge is -2.30. The summed E-state index contributed by atoms with van der Waals surface area (Å²) in [5, 5.41) is 15.6. The zero-order valence-electron chi connectivity index (χ0n) is 15.7. The van der Waals surface area contributed by atoms with Gasteiger partial charge in [-0.05, 0) is 55.3 Å². The van der Waals surface area contributed by atoms with Crippen molar-refractivity contribution in [2.75, 3.05) is 0 Å². The van der Waals surface area contributed by atoms with Gasteiger partial charge in [0.05, 0.1) is 12.1 Å². The summed E-state index contributed by atoms with van der Waals surface area (Å²) >= 11 is 5.81. The van der Waals surface area contributed by atoms with Crippen molar-refractivity contribution in [2.45, 2.75) is 38.6 Å². The molecular weight excluding hydrogens is 407 g/mol. The van der Waals surface area contributed by atoms with Crippen LogP contribution in [0.1, 0.15) is 30.3 Å². The maximum atomic E-state index is 13.8. The lowest BCUT2D eigenvalue weighted by Crippen LogP contribution is -2.33. The van der Waals surface area contributed by atoms with E-state index in [1.54, 1.807) is 38.1 Å². The second-order valence-electron chi connectivity index (χ2n) is 6.64. The molecule has 1 N–H and O–H groups in total. The largest absolute Gasteiger partial charge is 0.457 e. The van der Waals surface area contributed by atoms with Gasteiger partial charge < -0.3 is 9.84 Å². The van der Waals surface area contributed by atoms with Crippen LogP contribution in [0.5, 0.6) is 11.5 Å². The Balaban J connectivity index is 1.99. The van der Waals surface area contributed by atoms with Crippen molar-refractivity contribution in [1.82, 2.24) is 14.8 Å². The lowest BCUT2D eigenvalue weighted by molar-refractivity contribution is -0.141. The van der Waals surface area contributed by atoms with Gasteiger partial charge in [-0.25, -0.2) is 9.67 Å². The second-order valence-corrected chi connectivity index (χ2v) is 7.07. The Kier molecular flexibility index (Phi) is 5.86. The van der Waals surface area contributed by atoms with Crippen molar-refractivity contribution < 1.29 is 23.0 Å². The molecule has 0 bridgehead atoms. The maximum absolute atomic E-state index is 13.8. The molecular formula is C20H19ClF3N3O2. The number of hydrogen-bond acceptors (Lipinski definition) is 4. The third kappa shape index (κ3) is 4.89. The molecule has 0 saturated carbocycles. The third-order valence-corrected chi connectivity index (χ3v) is 4.76. The summed E-state index contributed by atoms with van der Waals surface area (Å²) in [4.78, 5) is 3.96. The second kappa shape index (κ2) is 8.04. The molecule has 0 aliphatic carbocycles. The number of halogens is 4. The third-order valence-electron chi connectivity index (χ3n) is 4.51. The van der Waals surface area contributed by atoms with E-state index in [2.05, 4.69) is 10.1 Å². The first-order chi connectivity index (χ1) is 13.6. The lowest BCUT2D eigenvalue weighted by atomic mass is 9.87. The summed E-state index contributed by atoms with van der Waals surface area (Å²) in [6, 6.07) is 9.78. The SMILES string of the molecule is CCC(O)(Cn1cnc(C)n1)c1ccc(Oc2ccc(Cl)cc2)cc1C(F)(F)F. The molecule has 154 valence electrons. The molecule has 0 aliphatic heterocycles. The number of aliphatic hydroxyl groups is 1. The van der Waals surface area contributed by atoms with Gasteiger partial charge in [0.1, 0.15) is 29.3 Å². The van der Waals surface area contributed by atoms with Gasteiger partial charge in [0.25, 0.3) is 0 Å². The molecule has 1 aromatic heterocycles. The highest BCUT2D eigenvalue weighted by Crippen LogP contribution is 2.41. The molecule has 1 unspecified atom stereocenters. The quantitative estimate of drug-likeness (QED) is 0.578. The van der Waals surface area contributed by atoms with Gasteiger partial charge in [0.2, 0.25) is 0 Å². The fourth-order valence-electron chi connectivity index (χ4n) is 2.99. The minimum atomic E-state index is -4.68. The predicted molar refractivity (Wildman–Crippen MR) is 102 cm³/mol. The number of hydrogen-bond donors (Lipinski definition) is 1. The van der Waals surface area contributed by atoms with Crippen molar-refractivity contribution >= 4 is 11.6 Å². The summed E-state index contributed by atoms with van der Waals surface area (Å²) < 4.78 is 48.3. The van der Waals surface area contributed by atoms with Crippen molar-refractivity contribution in [3.63, 3.8) is 0 Å². The van der Waals surface area contributed by atoms with Crippen LogP contribution in [0.3, 0.4) is 0 Å². The fraction of sp³-hybridized carbons (Fsp3) is 0.300. The maximum Gasteiger partial charge on any atom is 0.416 e. The topological polar surface area (TPSA) is 60.2 Å². The van der Waals surface area contributed by atoms with E-state index in [-0.39, 0.29) is 24.3 Å². The number of aromatic nitrogens is 3. The first-order valence-electron chi connectivity index (χ1n) is 8.84. The van der Waals surface area contributed by atoms with Crippen molar-refractivity contribution in [3.8, 4) is 11.5 Å². The van der Waals surface area contributed by atoms with Crippen molar-refractivity contribution in [1.29, 1.82) is 0 Å². The van der Waals surface area contributed by atoms with E-state index in [1.807, 2.05) is 0 Å². The van der Waals surface area contributed by atoms with Crippen molar-refractivity contribution in [2.24, 2.45) is 0 Å². The molecule has 0 saturated heterocycles. The average Bonchev–Trinajstić information content (AvgIpc) is 3.07. The molecule has 0 radical (unpaired) electrons. The molecule has 3 aromatic rings. The van der Waals surface area contributed by atoms with Crippen LogP contribution in [0.15, 0.2) is 48.8 Å². The molecule has 0 aliphatic rings. The van der Waals surface area contributed by atoms with Gasteiger partial charge in [-0.2, -0.15) is 18.3 Å². The number of aryl methyl sites for hydroxylation is 1. The van der Waals surface area contributed by atoms with Crippen LogP contribution in [0.25, 0.3) is 0 Å². The Morgan fingerprint density at radius 3 is 2.28 bits per heavy atom. The van der Waals surface area contributed by atoms with E-state index in [1.165, 1.54) is 23.1 Å². The van der Waals surface area contributed by atoms with E-state index in [0.29, 0.717) is 16.6 Å². The number of nitrogens with zero attached hydrogens (tertiary/aromatic N) is 3. The molecule has 1 atom stereocenters. The van der Waals surface area contributed by atoms with Gasteiger partial charge >= 0.3 is 6.18 Å². The minimum absolute atomic E-state index is 0.00143. The number of alkyl halides is 3. The normalized spacial score (nSPS) is 13.9. The van der Waals surface area contributed by atoms with Crippen LogP contribution in [-0.4, -0.2) is 19.9 Å². The van der Waals surface area contributed by atoms with Gasteiger partial charge in [0, 0.05) is 5.02 Å². The Labute approximate surface area is 170 Å². The molecule has 5 nitrogen and oxygen atoms in total. The Morgan fingerprint density at radius 1 is 1.07 bits per heavy atom. The van der Waals surface area contributed by atoms with Gasteiger partial charge in [-0.1, -0.05) is 24.6 Å². The summed E-state index contributed by atoms with van der Waals surface area (Å²) in [6.07, 6.45) is -3.26. The number of benzene rings is 2. The Bertz CT molecular complexity index is 989. The first kappa shape index (κ1) is 21.1. The number of rotatable bonds is 6. The molecule has 2 aromatic carbocycles. The fourth-order valence-corrected chi connectivity index (χ4v) is 3.11. The van der Waals surface area contributed by atoms with Crippen LogP contribution < -0.4 is 4.74 Å². The monoisotopic (exact) mass is 425 g/mol. The smallest absolute Gasteiger partial charge is 0.416 e. The van der Waals surface area contributed by atoms with Crippen LogP contribution in [0.4, 0.5) is 13.2 Å². The summed E-state index contributed by atoms with van der Waals surface area (Å²) in [6.45, 7) is 3.11. The molecule has 0 amide bonds. The molecule has 3 rings (SSSR count). The average molecular weight is 426 g/mol. The minimum Gasteiger partial charge on any atom is -0.457 e. The van der Waals surface area contributed by atoms with E-state index in [9.17, 15) is 18.3 Å². The van der Waals surface area contributed by atoms with E-state index in [0.717, 1.165) is 6.07 Å². The van der Waals surface area contributed by atoms with Crippen LogP contribution in [0.2, 0.25) is 5.02 Å². The molecule has 0 spiro atoms. The zero-order valence-corrected chi connectivity index (χ0v) is 16.5. The van der Waals surface area contributed by atoms with E-state index in [4.69, 9.17) is 16.3 Å². The summed E-state index contributed by atoms with van der Waals surface area (Å²) in [7, 11) is 0. The first-order valence-corrected chi connectivity index (χ1v) is 9.22. The van der Waals surface area contributed by atoms with Crippen LogP contribution in [-0.2, 0) is 18.3 Å². The summed E-state index contributed by atoms with van der Waals surface area (Å²) in [5.41, 5.74) is -3.00. The molecule has 9 heteroatoms. The highest BCUT2D eigenvalue weighted by atomic mass is 35.5. The van der Waals surface area contributed by atoms with Gasteiger partial charge in [0.15, 0.2) is 0 Å². The highest BCUT2D eigenvalue weighted by Gasteiger charge is 2.41. The van der Waals surface area contributed by atoms with Gasteiger partial charge in [-0.3, -0.25) is 0 Å². The van der Waals surface area contributed by atoms with Crippen LogP contribution in [0, 0.1) is 6.92 Å². The predicted octanol–water partition coefficient (Wildman–Crippen LogP) is 5.35. The van der Waals surface area contributed by atoms with E-state index < -0.39 is 17.3 Å².